The molecule has 1 aliphatic heterocycles. The molecule has 0 aliphatic carbocycles. The zero-order valence-corrected chi connectivity index (χ0v) is 10.4. The average molecular weight is 253 g/mol. The van der Waals surface area contributed by atoms with Gasteiger partial charge in [-0.3, -0.25) is 0 Å². The number of benzene rings is 1. The highest BCUT2D eigenvalue weighted by Gasteiger charge is 2.21. The van der Waals surface area contributed by atoms with Gasteiger partial charge in [0.1, 0.15) is 0 Å². The van der Waals surface area contributed by atoms with E-state index < -0.39 is 0 Å². The second-order valence-electron chi connectivity index (χ2n) is 4.72. The molecule has 1 aromatic rings. The molecule has 1 aliphatic rings. The van der Waals surface area contributed by atoms with Crippen molar-refractivity contribution >= 4 is 0 Å². The topological polar surface area (TPSA) is 41.5 Å². The lowest BCUT2D eigenvalue weighted by Gasteiger charge is -2.27. The maximum atomic E-state index is 13.3. The number of aliphatic hydroxyl groups is 1. The molecular formula is C14H20FNO2. The Hall–Kier alpha value is -1.13. The zero-order chi connectivity index (χ0) is 12.8. The molecule has 18 heavy (non-hydrogen) atoms. The molecule has 0 spiro atoms. The number of halogens is 1. The van der Waals surface area contributed by atoms with Crippen molar-refractivity contribution in [1.29, 1.82) is 0 Å². The predicted molar refractivity (Wildman–Crippen MR) is 68.1 cm³/mol. The van der Waals surface area contributed by atoms with E-state index in [2.05, 4.69) is 5.32 Å². The maximum absolute atomic E-state index is 13.3. The maximum Gasteiger partial charge on any atom is 0.165 e. The summed E-state index contributed by atoms with van der Waals surface area (Å²) in [4.78, 5) is 0. The zero-order valence-electron chi connectivity index (χ0n) is 10.4. The Morgan fingerprint density at radius 1 is 1.33 bits per heavy atom. The van der Waals surface area contributed by atoms with Gasteiger partial charge in [-0.05, 0) is 44.0 Å². The fourth-order valence-corrected chi connectivity index (χ4v) is 2.32. The molecule has 2 N–H and O–H groups in total. The first-order chi connectivity index (χ1) is 8.77. The highest BCUT2D eigenvalue weighted by Crippen LogP contribution is 2.20. The number of hydrogen-bond acceptors (Lipinski definition) is 3. The molecular weight excluding hydrogens is 233 g/mol. The fraction of sp³-hybridized carbons (Fsp3) is 0.571. The van der Waals surface area contributed by atoms with Crippen LogP contribution in [0.2, 0.25) is 0 Å². The van der Waals surface area contributed by atoms with Crippen molar-refractivity contribution < 1.29 is 14.2 Å². The van der Waals surface area contributed by atoms with E-state index in [1.54, 1.807) is 18.2 Å². The summed E-state index contributed by atoms with van der Waals surface area (Å²) in [5.41, 5.74) is 0. The van der Waals surface area contributed by atoms with E-state index in [1.807, 2.05) is 0 Å². The molecule has 1 atom stereocenters. The summed E-state index contributed by atoms with van der Waals surface area (Å²) in [5.74, 6) is 0.249. The number of rotatable bonds is 5. The standard InChI is InChI=1S/C14H20FNO2/c15-12-3-1-2-4-14(12)18-10-7-13(17)11-5-8-16-9-6-11/h1-4,11,13,16-17H,5-10H2. The van der Waals surface area contributed by atoms with E-state index >= 15 is 0 Å². The van der Waals surface area contributed by atoms with Crippen molar-refractivity contribution in [3.05, 3.63) is 30.1 Å². The minimum absolute atomic E-state index is 0.259. The Balaban J connectivity index is 1.73. The van der Waals surface area contributed by atoms with Gasteiger partial charge in [0.15, 0.2) is 11.6 Å². The lowest BCUT2D eigenvalue weighted by molar-refractivity contribution is 0.0668. The number of para-hydroxylation sites is 1. The number of ether oxygens (including phenoxy) is 1. The van der Waals surface area contributed by atoms with Gasteiger partial charge < -0.3 is 15.2 Å². The molecule has 100 valence electrons. The summed E-state index contributed by atoms with van der Waals surface area (Å²) in [6, 6.07) is 6.35. The van der Waals surface area contributed by atoms with Gasteiger partial charge >= 0.3 is 0 Å². The first kappa shape index (κ1) is 13.3. The van der Waals surface area contributed by atoms with Crippen LogP contribution in [0.4, 0.5) is 4.39 Å². The average Bonchev–Trinajstić information content (AvgIpc) is 2.42. The van der Waals surface area contributed by atoms with Crippen molar-refractivity contribution in [2.24, 2.45) is 5.92 Å². The molecule has 3 nitrogen and oxygen atoms in total. The van der Waals surface area contributed by atoms with Crippen LogP contribution in [-0.2, 0) is 0 Å². The first-order valence-corrected chi connectivity index (χ1v) is 6.53. The molecule has 1 saturated heterocycles. The third-order valence-corrected chi connectivity index (χ3v) is 3.44. The SMILES string of the molecule is OC(CCOc1ccccc1F)C1CCNCC1. The van der Waals surface area contributed by atoms with Gasteiger partial charge in [0, 0.05) is 6.42 Å². The number of hydrogen-bond donors (Lipinski definition) is 2. The molecule has 0 amide bonds. The van der Waals surface area contributed by atoms with Crippen LogP contribution in [0.1, 0.15) is 19.3 Å². The lowest BCUT2D eigenvalue weighted by Crippen LogP contribution is -2.34. The summed E-state index contributed by atoms with van der Waals surface area (Å²) in [7, 11) is 0. The van der Waals surface area contributed by atoms with E-state index in [9.17, 15) is 9.50 Å². The van der Waals surface area contributed by atoms with E-state index in [0.29, 0.717) is 18.9 Å². The second kappa shape index (κ2) is 6.71. The molecule has 0 bridgehead atoms. The van der Waals surface area contributed by atoms with Gasteiger partial charge in [-0.1, -0.05) is 12.1 Å². The third kappa shape index (κ3) is 3.68. The molecule has 1 heterocycles. The van der Waals surface area contributed by atoms with Crippen LogP contribution in [0.15, 0.2) is 24.3 Å². The summed E-state index contributed by atoms with van der Waals surface area (Å²) >= 11 is 0. The largest absolute Gasteiger partial charge is 0.490 e. The van der Waals surface area contributed by atoms with Crippen molar-refractivity contribution in [3.63, 3.8) is 0 Å². The molecule has 0 radical (unpaired) electrons. The monoisotopic (exact) mass is 253 g/mol. The van der Waals surface area contributed by atoms with Crippen LogP contribution in [0.3, 0.4) is 0 Å². The summed E-state index contributed by atoms with van der Waals surface area (Å²) in [6.07, 6.45) is 2.21. The molecule has 2 rings (SSSR count). The van der Waals surface area contributed by atoms with Crippen LogP contribution < -0.4 is 10.1 Å². The van der Waals surface area contributed by atoms with Gasteiger partial charge in [-0.2, -0.15) is 0 Å². The number of aliphatic hydroxyl groups excluding tert-OH is 1. The first-order valence-electron chi connectivity index (χ1n) is 6.53. The minimum atomic E-state index is -0.353. The minimum Gasteiger partial charge on any atom is -0.490 e. The summed E-state index contributed by atoms with van der Waals surface area (Å²) < 4.78 is 18.6. The van der Waals surface area contributed by atoms with Gasteiger partial charge in [0.05, 0.1) is 12.7 Å². The van der Waals surface area contributed by atoms with E-state index in [0.717, 1.165) is 25.9 Å². The van der Waals surface area contributed by atoms with Crippen LogP contribution in [0.25, 0.3) is 0 Å². The Bertz CT molecular complexity index is 367. The third-order valence-electron chi connectivity index (χ3n) is 3.44. The van der Waals surface area contributed by atoms with E-state index in [1.165, 1.54) is 6.07 Å². The van der Waals surface area contributed by atoms with E-state index in [4.69, 9.17) is 4.74 Å². The quantitative estimate of drug-likeness (QED) is 0.843. The van der Waals surface area contributed by atoms with Gasteiger partial charge in [-0.15, -0.1) is 0 Å². The van der Waals surface area contributed by atoms with Crippen molar-refractivity contribution in [1.82, 2.24) is 5.32 Å². The highest BCUT2D eigenvalue weighted by atomic mass is 19.1. The van der Waals surface area contributed by atoms with Gasteiger partial charge in [0.25, 0.3) is 0 Å². The van der Waals surface area contributed by atoms with Crippen molar-refractivity contribution in [2.75, 3.05) is 19.7 Å². The Labute approximate surface area is 107 Å². The normalized spacial score (nSPS) is 18.6. The number of nitrogens with one attached hydrogen (secondary N) is 1. The predicted octanol–water partition coefficient (Wildman–Crippen LogP) is 1.96. The smallest absolute Gasteiger partial charge is 0.165 e. The fourth-order valence-electron chi connectivity index (χ4n) is 2.32. The molecule has 1 aromatic carbocycles. The molecule has 0 saturated carbocycles. The highest BCUT2D eigenvalue weighted by molar-refractivity contribution is 5.23. The van der Waals surface area contributed by atoms with Gasteiger partial charge in [0.2, 0.25) is 0 Å². The van der Waals surface area contributed by atoms with Crippen LogP contribution >= 0.6 is 0 Å². The van der Waals surface area contributed by atoms with Crippen molar-refractivity contribution in [3.8, 4) is 5.75 Å². The lowest BCUT2D eigenvalue weighted by atomic mass is 9.91. The molecule has 4 heteroatoms. The second-order valence-corrected chi connectivity index (χ2v) is 4.72. The van der Waals surface area contributed by atoms with Crippen molar-refractivity contribution in [2.45, 2.75) is 25.4 Å². The van der Waals surface area contributed by atoms with Crippen LogP contribution in [-0.4, -0.2) is 30.9 Å². The Kier molecular flexibility index (Phi) is 4.96. The van der Waals surface area contributed by atoms with Gasteiger partial charge in [-0.25, -0.2) is 4.39 Å². The van der Waals surface area contributed by atoms with Crippen LogP contribution in [0.5, 0.6) is 5.75 Å². The summed E-state index contributed by atoms with van der Waals surface area (Å²) in [5, 5.41) is 13.3. The molecule has 1 fully saturated rings. The Morgan fingerprint density at radius 2 is 2.06 bits per heavy atom. The van der Waals surface area contributed by atoms with E-state index in [-0.39, 0.29) is 17.7 Å². The summed E-state index contributed by atoms with van der Waals surface area (Å²) in [6.45, 7) is 2.29. The Morgan fingerprint density at radius 3 is 2.78 bits per heavy atom. The van der Waals surface area contributed by atoms with Crippen LogP contribution in [0, 0.1) is 11.7 Å². The number of piperidine rings is 1. The molecule has 0 aromatic heterocycles. The molecule has 1 unspecified atom stereocenters.